The molecule has 1 fully saturated rings. The van der Waals surface area contributed by atoms with Gasteiger partial charge < -0.3 is 15.0 Å². The quantitative estimate of drug-likeness (QED) is 0.190. The lowest BCUT2D eigenvalue weighted by Crippen LogP contribution is -2.46. The molecule has 0 saturated carbocycles. The third-order valence-electron chi connectivity index (χ3n) is 4.83. The summed E-state index contributed by atoms with van der Waals surface area (Å²) >= 11 is 0. The maximum atomic E-state index is 11.7. The van der Waals surface area contributed by atoms with E-state index >= 15 is 0 Å². The molecule has 0 aromatic carbocycles. The van der Waals surface area contributed by atoms with Crippen LogP contribution in [0.3, 0.4) is 0 Å². The van der Waals surface area contributed by atoms with Gasteiger partial charge in [0.05, 0.1) is 13.0 Å². The summed E-state index contributed by atoms with van der Waals surface area (Å²) in [6.45, 7) is 15.6. The van der Waals surface area contributed by atoms with Gasteiger partial charge in [-0.1, -0.05) is 0 Å². The van der Waals surface area contributed by atoms with E-state index in [1.807, 2.05) is 0 Å². The largest absolute Gasteiger partial charge is 0.469 e. The zero-order valence-corrected chi connectivity index (χ0v) is 19.8. The van der Waals surface area contributed by atoms with Crippen molar-refractivity contribution in [2.24, 2.45) is 10.9 Å². The number of piperidine rings is 1. The van der Waals surface area contributed by atoms with Gasteiger partial charge in [0.15, 0.2) is 5.96 Å². The standard InChI is InChI=1S/C19H38N4O2.HI/c1-7-20-19(21-11-8-12-23(15(2)3)16(4)5)22-13-9-17(10-14-22)18(24)25-6;/h15-17H,7-14H2,1-6H3,(H,20,21);1H. The molecule has 7 heteroatoms. The Kier molecular flexibility index (Phi) is 13.3. The highest BCUT2D eigenvalue weighted by atomic mass is 127. The summed E-state index contributed by atoms with van der Waals surface area (Å²) in [5.41, 5.74) is 0. The molecule has 6 nitrogen and oxygen atoms in total. The van der Waals surface area contributed by atoms with Gasteiger partial charge in [-0.05, 0) is 53.9 Å². The predicted octanol–water partition coefficient (Wildman–Crippen LogP) is 2.96. The highest BCUT2D eigenvalue weighted by molar-refractivity contribution is 14.0. The summed E-state index contributed by atoms with van der Waals surface area (Å²) in [5, 5.41) is 3.39. The van der Waals surface area contributed by atoms with E-state index in [0.29, 0.717) is 12.1 Å². The second kappa shape index (κ2) is 13.6. The number of hydrogen-bond donors (Lipinski definition) is 1. The molecule has 1 rings (SSSR count). The minimum absolute atomic E-state index is 0. The average Bonchev–Trinajstić information content (AvgIpc) is 2.59. The maximum absolute atomic E-state index is 11.7. The first kappa shape index (κ1) is 25.4. The lowest BCUT2D eigenvalue weighted by atomic mass is 9.97. The van der Waals surface area contributed by atoms with Crippen LogP contribution in [-0.4, -0.2) is 73.6 Å². The third kappa shape index (κ3) is 8.41. The molecule has 154 valence electrons. The lowest BCUT2D eigenvalue weighted by Gasteiger charge is -2.33. The maximum Gasteiger partial charge on any atom is 0.308 e. The lowest BCUT2D eigenvalue weighted by molar-refractivity contribution is -0.146. The van der Waals surface area contributed by atoms with Crippen LogP contribution in [0.2, 0.25) is 0 Å². The van der Waals surface area contributed by atoms with Crippen molar-refractivity contribution < 1.29 is 9.53 Å². The van der Waals surface area contributed by atoms with Gasteiger partial charge in [-0.25, -0.2) is 0 Å². The SMILES string of the molecule is CCNC(=NCCCN(C(C)C)C(C)C)N1CCC(C(=O)OC)CC1.I. The Balaban J connectivity index is 0.00000625. The number of likely N-dealkylation sites (tertiary alicyclic amines) is 1. The summed E-state index contributed by atoms with van der Waals surface area (Å²) in [7, 11) is 1.47. The van der Waals surface area contributed by atoms with E-state index in [9.17, 15) is 4.79 Å². The number of aliphatic imine (C=N–C) groups is 1. The summed E-state index contributed by atoms with van der Waals surface area (Å²) < 4.78 is 4.87. The van der Waals surface area contributed by atoms with E-state index in [0.717, 1.165) is 57.9 Å². The number of nitrogens with zero attached hydrogens (tertiary/aromatic N) is 3. The summed E-state index contributed by atoms with van der Waals surface area (Å²) in [4.78, 5) is 21.2. The molecule has 0 radical (unpaired) electrons. The van der Waals surface area contributed by atoms with E-state index in [1.165, 1.54) is 7.11 Å². The Morgan fingerprint density at radius 1 is 1.23 bits per heavy atom. The van der Waals surface area contributed by atoms with Gasteiger partial charge in [0, 0.05) is 44.8 Å². The monoisotopic (exact) mass is 482 g/mol. The van der Waals surface area contributed by atoms with Crippen molar-refractivity contribution in [1.29, 1.82) is 0 Å². The predicted molar refractivity (Wildman–Crippen MR) is 119 cm³/mol. The molecule has 26 heavy (non-hydrogen) atoms. The molecule has 0 bridgehead atoms. The second-order valence-corrected chi connectivity index (χ2v) is 7.30. The van der Waals surface area contributed by atoms with Crippen LogP contribution < -0.4 is 5.32 Å². The fourth-order valence-corrected chi connectivity index (χ4v) is 3.47. The number of methoxy groups -OCH3 is 1. The first-order chi connectivity index (χ1) is 11.9. The molecule has 0 aromatic heterocycles. The van der Waals surface area contributed by atoms with Crippen LogP contribution in [-0.2, 0) is 9.53 Å². The van der Waals surface area contributed by atoms with Crippen LogP contribution in [0.4, 0.5) is 0 Å². The Morgan fingerprint density at radius 2 is 1.81 bits per heavy atom. The summed E-state index contributed by atoms with van der Waals surface area (Å²) in [6.07, 6.45) is 2.74. The Hall–Kier alpha value is -0.570. The molecule has 0 unspecified atom stereocenters. The summed E-state index contributed by atoms with van der Waals surface area (Å²) in [5.74, 6) is 0.935. The zero-order chi connectivity index (χ0) is 18.8. The van der Waals surface area contributed by atoms with Crippen molar-refractivity contribution in [2.45, 2.75) is 66.0 Å². The molecular formula is C19H39IN4O2. The Morgan fingerprint density at radius 3 is 2.27 bits per heavy atom. The van der Waals surface area contributed by atoms with Gasteiger partial charge in [0.2, 0.25) is 0 Å². The molecule has 1 saturated heterocycles. The van der Waals surface area contributed by atoms with E-state index in [2.05, 4.69) is 49.7 Å². The van der Waals surface area contributed by atoms with E-state index in [-0.39, 0.29) is 35.9 Å². The van der Waals surface area contributed by atoms with Crippen LogP contribution in [0.25, 0.3) is 0 Å². The highest BCUT2D eigenvalue weighted by Gasteiger charge is 2.26. The molecule has 0 aliphatic carbocycles. The molecule has 1 N–H and O–H groups in total. The highest BCUT2D eigenvalue weighted by Crippen LogP contribution is 2.18. The number of esters is 1. The smallest absolute Gasteiger partial charge is 0.308 e. The normalized spacial score (nSPS) is 16.2. The summed E-state index contributed by atoms with van der Waals surface area (Å²) in [6, 6.07) is 1.13. The van der Waals surface area contributed by atoms with Gasteiger partial charge in [-0.3, -0.25) is 14.7 Å². The van der Waals surface area contributed by atoms with Gasteiger partial charge >= 0.3 is 5.97 Å². The van der Waals surface area contributed by atoms with Crippen LogP contribution in [0, 0.1) is 5.92 Å². The van der Waals surface area contributed by atoms with Crippen molar-refractivity contribution in [2.75, 3.05) is 39.8 Å². The van der Waals surface area contributed by atoms with E-state index in [1.54, 1.807) is 0 Å². The molecule has 1 aliphatic heterocycles. The number of guanidine groups is 1. The molecule has 0 amide bonds. The van der Waals surface area contributed by atoms with Crippen LogP contribution >= 0.6 is 24.0 Å². The molecular weight excluding hydrogens is 443 g/mol. The van der Waals surface area contributed by atoms with Gasteiger partial charge in [0.1, 0.15) is 0 Å². The van der Waals surface area contributed by atoms with Crippen molar-refractivity contribution in [3.63, 3.8) is 0 Å². The van der Waals surface area contributed by atoms with Crippen LogP contribution in [0.1, 0.15) is 53.9 Å². The number of hydrogen-bond acceptors (Lipinski definition) is 4. The number of carbonyl (C=O) groups excluding carboxylic acids is 1. The minimum atomic E-state index is -0.0796. The van der Waals surface area contributed by atoms with E-state index in [4.69, 9.17) is 9.73 Å². The topological polar surface area (TPSA) is 57.2 Å². The second-order valence-electron chi connectivity index (χ2n) is 7.30. The number of nitrogens with one attached hydrogen (secondary N) is 1. The number of ether oxygens (including phenoxy) is 1. The van der Waals surface area contributed by atoms with Gasteiger partial charge in [0.25, 0.3) is 0 Å². The zero-order valence-electron chi connectivity index (χ0n) is 17.5. The molecule has 0 spiro atoms. The van der Waals surface area contributed by atoms with Crippen LogP contribution in [0.5, 0.6) is 0 Å². The third-order valence-corrected chi connectivity index (χ3v) is 4.83. The Bertz CT molecular complexity index is 414. The van der Waals surface area contributed by atoms with Crippen LogP contribution in [0.15, 0.2) is 4.99 Å². The molecule has 1 heterocycles. The fourth-order valence-electron chi connectivity index (χ4n) is 3.47. The fraction of sp³-hybridized carbons (Fsp3) is 0.895. The number of carbonyl (C=O) groups is 1. The van der Waals surface area contributed by atoms with Gasteiger partial charge in [-0.15, -0.1) is 24.0 Å². The first-order valence-electron chi connectivity index (χ1n) is 9.77. The van der Waals surface area contributed by atoms with E-state index < -0.39 is 0 Å². The van der Waals surface area contributed by atoms with Crippen molar-refractivity contribution in [3.05, 3.63) is 0 Å². The van der Waals surface area contributed by atoms with Crippen molar-refractivity contribution in [3.8, 4) is 0 Å². The Labute approximate surface area is 177 Å². The average molecular weight is 482 g/mol. The number of rotatable bonds is 8. The van der Waals surface area contributed by atoms with Gasteiger partial charge in [-0.2, -0.15) is 0 Å². The molecule has 0 aromatic rings. The van der Waals surface area contributed by atoms with Crippen molar-refractivity contribution >= 4 is 35.9 Å². The van der Waals surface area contributed by atoms with Crippen molar-refractivity contribution in [1.82, 2.24) is 15.1 Å². The first-order valence-corrected chi connectivity index (χ1v) is 9.77. The molecule has 0 atom stereocenters. The minimum Gasteiger partial charge on any atom is -0.469 e. The molecule has 1 aliphatic rings. The number of halogens is 1.